The molecule has 23 heavy (non-hydrogen) atoms. The summed E-state index contributed by atoms with van der Waals surface area (Å²) < 4.78 is 12.0. The van der Waals surface area contributed by atoms with Crippen LogP contribution in [0.3, 0.4) is 0 Å². The van der Waals surface area contributed by atoms with Crippen LogP contribution in [0.5, 0.6) is 0 Å². The Morgan fingerprint density at radius 3 is 1.52 bits per heavy atom. The first-order valence-electron chi connectivity index (χ1n) is 5.35. The summed E-state index contributed by atoms with van der Waals surface area (Å²) in [6, 6.07) is 3.03. The fourth-order valence-electron chi connectivity index (χ4n) is 0.655. The Kier molecular flexibility index (Phi) is 17.9. The molecule has 0 atom stereocenters. The first-order chi connectivity index (χ1) is 10.3. The number of carbonyl (C=O) groups is 2. The number of primary amides is 2. The standard InChI is InChI=1S/C6H6FN.C3H3N3.2CH3NO2.CH4/c1-5-2-3-6(7)8-4-5;1-4-2-6-3-5-1;2*2-1(3)4;/h2-4H,1H3;1-3H;2*2H2,(H,3,4);1H4. The molecule has 2 heterocycles. The molecule has 0 bridgehead atoms. The molecule has 6 N–H and O–H groups in total. The van der Waals surface area contributed by atoms with Crippen molar-refractivity contribution in [3.63, 3.8) is 0 Å². The highest BCUT2D eigenvalue weighted by Crippen LogP contribution is 1.94. The number of aryl methyl sites for hydroxylation is 1. The molecule has 128 valence electrons. The average Bonchev–Trinajstić information content (AvgIpc) is 2.43. The van der Waals surface area contributed by atoms with Gasteiger partial charge in [-0.1, -0.05) is 13.5 Å². The van der Waals surface area contributed by atoms with Crippen molar-refractivity contribution in [2.45, 2.75) is 14.4 Å². The van der Waals surface area contributed by atoms with Crippen LogP contribution >= 0.6 is 0 Å². The highest BCUT2D eigenvalue weighted by atomic mass is 19.1. The van der Waals surface area contributed by atoms with E-state index >= 15 is 0 Å². The molecule has 0 spiro atoms. The Morgan fingerprint density at radius 2 is 1.35 bits per heavy atom. The molecule has 0 aliphatic heterocycles. The molecule has 2 aromatic heterocycles. The van der Waals surface area contributed by atoms with Crippen LogP contribution in [-0.2, 0) is 0 Å². The molecule has 0 aliphatic rings. The van der Waals surface area contributed by atoms with Crippen LogP contribution in [0.4, 0.5) is 14.0 Å². The van der Waals surface area contributed by atoms with E-state index in [1.165, 1.54) is 31.2 Å². The number of nitrogens with two attached hydrogens (primary N) is 2. The first-order valence-corrected chi connectivity index (χ1v) is 5.35. The molecule has 0 unspecified atom stereocenters. The van der Waals surface area contributed by atoms with Crippen molar-refractivity contribution in [2.75, 3.05) is 0 Å². The Morgan fingerprint density at radius 1 is 1.00 bits per heavy atom. The Hall–Kier alpha value is -3.37. The summed E-state index contributed by atoms with van der Waals surface area (Å²) in [6.07, 6.45) is 3.14. The molecule has 0 aromatic carbocycles. The van der Waals surface area contributed by atoms with Crippen molar-refractivity contribution < 1.29 is 24.2 Å². The van der Waals surface area contributed by atoms with Gasteiger partial charge in [-0.25, -0.2) is 29.5 Å². The number of rotatable bonds is 0. The van der Waals surface area contributed by atoms with Crippen molar-refractivity contribution in [2.24, 2.45) is 11.5 Å². The minimum absolute atomic E-state index is 0. The lowest BCUT2D eigenvalue weighted by Crippen LogP contribution is -2.03. The summed E-state index contributed by atoms with van der Waals surface area (Å²) in [6.45, 7) is 1.87. The van der Waals surface area contributed by atoms with Crippen molar-refractivity contribution in [3.8, 4) is 0 Å². The molecular weight excluding hydrogens is 311 g/mol. The number of hydrogen-bond donors (Lipinski definition) is 4. The van der Waals surface area contributed by atoms with E-state index in [9.17, 15) is 4.39 Å². The van der Waals surface area contributed by atoms with Crippen LogP contribution in [-0.4, -0.2) is 42.3 Å². The predicted molar refractivity (Wildman–Crippen MR) is 79.9 cm³/mol. The number of amides is 2. The molecule has 11 heteroatoms. The maximum absolute atomic E-state index is 12.0. The highest BCUT2D eigenvalue weighted by Gasteiger charge is 1.85. The van der Waals surface area contributed by atoms with E-state index in [0.29, 0.717) is 0 Å². The predicted octanol–water partition coefficient (Wildman–Crippen LogP) is 1.28. The zero-order valence-electron chi connectivity index (χ0n) is 11.5. The molecule has 2 aromatic rings. The topological polar surface area (TPSA) is 178 Å². The zero-order chi connectivity index (χ0) is 17.4. The highest BCUT2D eigenvalue weighted by molar-refractivity contribution is 5.61. The fourth-order valence-corrected chi connectivity index (χ4v) is 0.655. The summed E-state index contributed by atoms with van der Waals surface area (Å²) in [5, 5.41) is 14.4. The van der Waals surface area contributed by atoms with Gasteiger partial charge in [0.05, 0.1) is 0 Å². The van der Waals surface area contributed by atoms with Gasteiger partial charge in [0.25, 0.3) is 0 Å². The minimum atomic E-state index is -1.33. The van der Waals surface area contributed by atoms with Crippen LogP contribution in [0.1, 0.15) is 13.0 Å². The van der Waals surface area contributed by atoms with Crippen LogP contribution in [0, 0.1) is 12.9 Å². The third-order valence-corrected chi connectivity index (χ3v) is 1.28. The smallest absolute Gasteiger partial charge is 0.402 e. The van der Waals surface area contributed by atoms with E-state index in [1.54, 1.807) is 6.07 Å². The largest absolute Gasteiger partial charge is 0.465 e. The monoisotopic (exact) mass is 330 g/mol. The summed E-state index contributed by atoms with van der Waals surface area (Å²) in [4.78, 5) is 31.7. The van der Waals surface area contributed by atoms with E-state index in [1.807, 2.05) is 6.92 Å². The number of halogens is 1. The third-order valence-electron chi connectivity index (χ3n) is 1.28. The summed E-state index contributed by atoms with van der Waals surface area (Å²) in [5.74, 6) is -0.421. The Bertz CT molecular complexity index is 459. The summed E-state index contributed by atoms with van der Waals surface area (Å²) >= 11 is 0. The minimum Gasteiger partial charge on any atom is -0.465 e. The van der Waals surface area contributed by atoms with Crippen molar-refractivity contribution in [3.05, 3.63) is 48.8 Å². The van der Waals surface area contributed by atoms with E-state index in [-0.39, 0.29) is 7.43 Å². The van der Waals surface area contributed by atoms with Gasteiger partial charge in [-0.3, -0.25) is 0 Å². The molecule has 0 aliphatic carbocycles. The lowest BCUT2D eigenvalue weighted by Gasteiger charge is -1.86. The van der Waals surface area contributed by atoms with Crippen LogP contribution in [0.25, 0.3) is 0 Å². The van der Waals surface area contributed by atoms with Crippen LogP contribution in [0.15, 0.2) is 37.3 Å². The molecule has 0 fully saturated rings. The number of aromatic nitrogens is 4. The first kappa shape index (κ1) is 24.6. The normalized spacial score (nSPS) is 7.39. The Balaban J connectivity index is -0.000000240. The van der Waals surface area contributed by atoms with Gasteiger partial charge >= 0.3 is 12.2 Å². The second-order valence-electron chi connectivity index (χ2n) is 3.13. The van der Waals surface area contributed by atoms with Crippen LogP contribution in [0.2, 0.25) is 0 Å². The van der Waals surface area contributed by atoms with Gasteiger partial charge in [0, 0.05) is 6.20 Å². The van der Waals surface area contributed by atoms with E-state index in [4.69, 9.17) is 19.8 Å². The second kappa shape index (κ2) is 16.7. The zero-order valence-corrected chi connectivity index (χ0v) is 11.5. The van der Waals surface area contributed by atoms with Gasteiger partial charge in [0.15, 0.2) is 0 Å². The van der Waals surface area contributed by atoms with Gasteiger partial charge < -0.3 is 21.7 Å². The van der Waals surface area contributed by atoms with E-state index < -0.39 is 18.1 Å². The number of hydrogen-bond acceptors (Lipinski definition) is 6. The van der Waals surface area contributed by atoms with Gasteiger partial charge in [-0.15, -0.1) is 0 Å². The number of pyridine rings is 1. The molecule has 2 amide bonds. The van der Waals surface area contributed by atoms with Gasteiger partial charge in [0.1, 0.15) is 19.0 Å². The van der Waals surface area contributed by atoms with Gasteiger partial charge in [-0.05, 0) is 18.6 Å². The SMILES string of the molecule is C.Cc1ccc(F)nc1.NC(=O)O.NC(=O)O.c1ncncn1. The van der Waals surface area contributed by atoms with E-state index in [0.717, 1.165) is 5.56 Å². The molecule has 0 radical (unpaired) electrons. The third kappa shape index (κ3) is 32.3. The van der Waals surface area contributed by atoms with Crippen LogP contribution < -0.4 is 11.5 Å². The molecule has 10 nitrogen and oxygen atoms in total. The maximum Gasteiger partial charge on any atom is 0.402 e. The maximum atomic E-state index is 12.0. The summed E-state index contributed by atoms with van der Waals surface area (Å²) in [7, 11) is 0. The van der Waals surface area contributed by atoms with Crippen molar-refractivity contribution >= 4 is 12.2 Å². The second-order valence-corrected chi connectivity index (χ2v) is 3.13. The van der Waals surface area contributed by atoms with Gasteiger partial charge in [-0.2, -0.15) is 4.39 Å². The average molecular weight is 330 g/mol. The van der Waals surface area contributed by atoms with Crippen molar-refractivity contribution in [1.29, 1.82) is 0 Å². The molecule has 0 saturated carbocycles. The summed E-state index contributed by atoms with van der Waals surface area (Å²) in [5.41, 5.74) is 9.03. The number of nitrogens with zero attached hydrogens (tertiary/aromatic N) is 4. The van der Waals surface area contributed by atoms with Gasteiger partial charge in [0.2, 0.25) is 5.95 Å². The molecule has 2 rings (SSSR count). The molecular formula is C12H19FN6O4. The number of carboxylic acid groups (broad SMARTS) is 2. The van der Waals surface area contributed by atoms with E-state index in [2.05, 4.69) is 31.4 Å². The lowest BCUT2D eigenvalue weighted by molar-refractivity contribution is 0.204. The lowest BCUT2D eigenvalue weighted by atomic mass is 10.3. The quantitative estimate of drug-likeness (QED) is 0.521. The van der Waals surface area contributed by atoms with Crippen molar-refractivity contribution in [1.82, 2.24) is 19.9 Å². The Labute approximate surface area is 132 Å². The molecule has 0 saturated heterocycles. The fraction of sp³-hybridized carbons (Fsp3) is 0.167.